The molecule has 0 spiro atoms. The molecule has 1 aromatic heterocycles. The molecule has 3 rings (SSSR count). The Labute approximate surface area is 159 Å². The summed E-state index contributed by atoms with van der Waals surface area (Å²) in [6.45, 7) is 6.85. The third-order valence-electron chi connectivity index (χ3n) is 4.69. The van der Waals surface area contributed by atoms with E-state index in [1.807, 2.05) is 39.0 Å². The first-order valence-corrected chi connectivity index (χ1v) is 9.23. The first-order valence-electron chi connectivity index (χ1n) is 9.23. The molecule has 7 heteroatoms. The maximum Gasteiger partial charge on any atom is 0.270 e. The second-order valence-corrected chi connectivity index (χ2v) is 6.73. The largest absolute Gasteiger partial charge is 0.493 e. The average molecular weight is 373 g/mol. The molecule has 2 atom stereocenters. The quantitative estimate of drug-likeness (QED) is 0.843. The van der Waals surface area contributed by atoms with Gasteiger partial charge in [0.1, 0.15) is 5.69 Å². The molecule has 2 aromatic rings. The maximum atomic E-state index is 12.9. The van der Waals surface area contributed by atoms with E-state index < -0.39 is 0 Å². The number of nitrogens with one attached hydrogen (secondary N) is 1. The van der Waals surface area contributed by atoms with Crippen LogP contribution in [0.15, 0.2) is 18.2 Å². The van der Waals surface area contributed by atoms with Crippen LogP contribution in [0.5, 0.6) is 11.5 Å². The third-order valence-corrected chi connectivity index (χ3v) is 4.69. The average Bonchev–Trinajstić information content (AvgIpc) is 2.96. The minimum Gasteiger partial charge on any atom is -0.493 e. The highest BCUT2D eigenvalue weighted by Crippen LogP contribution is 2.31. The van der Waals surface area contributed by atoms with Gasteiger partial charge in [-0.25, -0.2) is 0 Å². The van der Waals surface area contributed by atoms with Gasteiger partial charge in [0.25, 0.3) is 5.91 Å². The number of aryl methyl sites for hydroxylation is 1. The summed E-state index contributed by atoms with van der Waals surface area (Å²) in [5.74, 6) is 1.21. The summed E-state index contributed by atoms with van der Waals surface area (Å²) in [7, 11) is 3.40. The van der Waals surface area contributed by atoms with Crippen LogP contribution in [0, 0.1) is 0 Å². The molecule has 7 nitrogen and oxygen atoms in total. The van der Waals surface area contributed by atoms with Crippen LogP contribution in [0.3, 0.4) is 0 Å². The van der Waals surface area contributed by atoms with Crippen LogP contribution in [0.4, 0.5) is 0 Å². The van der Waals surface area contributed by atoms with Gasteiger partial charge in [0.15, 0.2) is 11.5 Å². The van der Waals surface area contributed by atoms with Gasteiger partial charge >= 0.3 is 0 Å². The van der Waals surface area contributed by atoms with Crippen molar-refractivity contribution in [2.75, 3.05) is 13.7 Å². The fourth-order valence-electron chi connectivity index (χ4n) is 3.51. The lowest BCUT2D eigenvalue weighted by atomic mass is 9.99. The Balaban J connectivity index is 1.76. The van der Waals surface area contributed by atoms with Crippen LogP contribution >= 0.6 is 0 Å². The highest BCUT2D eigenvalue weighted by molar-refractivity contribution is 5.94. The van der Waals surface area contributed by atoms with Crippen LogP contribution in [0.25, 0.3) is 0 Å². The number of benzene rings is 1. The summed E-state index contributed by atoms with van der Waals surface area (Å²) in [5, 5.41) is 7.49. The number of hydrogen-bond donors (Lipinski definition) is 1. The van der Waals surface area contributed by atoms with Gasteiger partial charge in [-0.15, -0.1) is 0 Å². The number of amides is 1. The van der Waals surface area contributed by atoms with Crippen molar-refractivity contribution in [1.29, 1.82) is 0 Å². The van der Waals surface area contributed by atoms with Gasteiger partial charge in [-0.05, 0) is 38.5 Å². The normalized spacial score (nSPS) is 18.7. The summed E-state index contributed by atoms with van der Waals surface area (Å²) in [5.41, 5.74) is 3.37. The van der Waals surface area contributed by atoms with Crippen molar-refractivity contribution < 1.29 is 19.0 Å². The lowest BCUT2D eigenvalue weighted by molar-refractivity contribution is -0.00710. The maximum absolute atomic E-state index is 12.9. The fraction of sp³-hybridized carbons (Fsp3) is 0.500. The highest BCUT2D eigenvalue weighted by atomic mass is 16.5. The highest BCUT2D eigenvalue weighted by Gasteiger charge is 2.31. The number of ether oxygens (including phenoxy) is 3. The molecule has 1 aliphatic rings. The van der Waals surface area contributed by atoms with Gasteiger partial charge in [-0.3, -0.25) is 9.48 Å². The van der Waals surface area contributed by atoms with Gasteiger partial charge < -0.3 is 19.5 Å². The van der Waals surface area contributed by atoms with Gasteiger partial charge in [-0.2, -0.15) is 5.10 Å². The Morgan fingerprint density at radius 1 is 1.37 bits per heavy atom. The minimum atomic E-state index is -0.138. The third kappa shape index (κ3) is 3.93. The molecule has 0 bridgehead atoms. The van der Waals surface area contributed by atoms with E-state index in [1.165, 1.54) is 0 Å². The summed E-state index contributed by atoms with van der Waals surface area (Å²) in [4.78, 5) is 12.9. The van der Waals surface area contributed by atoms with Gasteiger partial charge in [0.05, 0.1) is 31.6 Å². The van der Waals surface area contributed by atoms with E-state index in [0.29, 0.717) is 36.8 Å². The fourth-order valence-corrected chi connectivity index (χ4v) is 3.51. The summed E-state index contributed by atoms with van der Waals surface area (Å²) < 4.78 is 18.4. The van der Waals surface area contributed by atoms with E-state index in [4.69, 9.17) is 14.2 Å². The zero-order valence-corrected chi connectivity index (χ0v) is 16.5. The number of carbonyl (C=O) groups is 1. The monoisotopic (exact) mass is 373 g/mol. The predicted molar refractivity (Wildman–Crippen MR) is 101 cm³/mol. The number of hydrogen-bond acceptors (Lipinski definition) is 5. The standard InChI is InChI=1S/C20H27N3O4/c1-6-26-17-10-14(7-8-16(17)25-5)11-21-20(24)19-15-9-12(2)27-13(3)18(15)22-23(19)4/h7-8,10,12-13H,6,9,11H2,1-5H3,(H,21,24)/t12-,13+/m1/s1. The van der Waals surface area contributed by atoms with Crippen LogP contribution in [-0.4, -0.2) is 35.5 Å². The number of nitrogens with zero attached hydrogens (tertiary/aromatic N) is 2. The van der Waals surface area contributed by atoms with Gasteiger partial charge in [0, 0.05) is 25.6 Å². The molecule has 2 heterocycles. The number of aromatic nitrogens is 2. The number of carbonyl (C=O) groups excluding carboxylic acids is 1. The summed E-state index contributed by atoms with van der Waals surface area (Å²) in [6.07, 6.45) is 0.651. The SMILES string of the molecule is CCOc1cc(CNC(=O)c2c3c(nn2C)[C@H](C)O[C@H](C)C3)ccc1OC. The molecule has 146 valence electrons. The van der Waals surface area contributed by atoms with Crippen molar-refractivity contribution >= 4 is 5.91 Å². The zero-order valence-electron chi connectivity index (χ0n) is 16.5. The minimum absolute atomic E-state index is 0.0681. The van der Waals surface area contributed by atoms with E-state index in [0.717, 1.165) is 16.8 Å². The van der Waals surface area contributed by atoms with E-state index in [-0.39, 0.29) is 18.1 Å². The van der Waals surface area contributed by atoms with E-state index in [9.17, 15) is 4.79 Å². The Hall–Kier alpha value is -2.54. The van der Waals surface area contributed by atoms with E-state index in [2.05, 4.69) is 10.4 Å². The molecular formula is C20H27N3O4. The molecule has 0 unspecified atom stereocenters. The molecule has 1 N–H and O–H groups in total. The second-order valence-electron chi connectivity index (χ2n) is 6.73. The van der Waals surface area contributed by atoms with Crippen LogP contribution < -0.4 is 14.8 Å². The first-order chi connectivity index (χ1) is 12.9. The Bertz CT molecular complexity index is 831. The van der Waals surface area contributed by atoms with Gasteiger partial charge in [0.2, 0.25) is 0 Å². The van der Waals surface area contributed by atoms with Crippen molar-refractivity contribution in [3.05, 3.63) is 40.7 Å². The lowest BCUT2D eigenvalue weighted by Gasteiger charge is -2.24. The van der Waals surface area contributed by atoms with Crippen LogP contribution in [0.2, 0.25) is 0 Å². The van der Waals surface area contributed by atoms with Crippen molar-refractivity contribution in [3.8, 4) is 11.5 Å². The first kappa shape index (κ1) is 19.2. The molecule has 0 saturated heterocycles. The van der Waals surface area contributed by atoms with E-state index in [1.54, 1.807) is 18.8 Å². The van der Waals surface area contributed by atoms with Crippen molar-refractivity contribution in [1.82, 2.24) is 15.1 Å². The molecule has 0 radical (unpaired) electrons. The molecule has 0 fully saturated rings. The van der Waals surface area contributed by atoms with Crippen molar-refractivity contribution in [2.24, 2.45) is 7.05 Å². The smallest absolute Gasteiger partial charge is 0.270 e. The topological polar surface area (TPSA) is 74.6 Å². The van der Waals surface area contributed by atoms with Crippen LogP contribution in [-0.2, 0) is 24.8 Å². The molecule has 1 amide bonds. The second kappa shape index (κ2) is 8.00. The number of methoxy groups -OCH3 is 1. The van der Waals surface area contributed by atoms with E-state index >= 15 is 0 Å². The van der Waals surface area contributed by atoms with Crippen molar-refractivity contribution in [2.45, 2.75) is 45.9 Å². The molecule has 0 saturated carbocycles. The van der Waals surface area contributed by atoms with Crippen LogP contribution in [0.1, 0.15) is 54.2 Å². The molecule has 1 aromatic carbocycles. The van der Waals surface area contributed by atoms with Crippen molar-refractivity contribution in [3.63, 3.8) is 0 Å². The molecule has 1 aliphatic heterocycles. The molecular weight excluding hydrogens is 346 g/mol. The van der Waals surface area contributed by atoms with Gasteiger partial charge in [-0.1, -0.05) is 6.07 Å². The Morgan fingerprint density at radius 2 is 2.15 bits per heavy atom. The molecule has 0 aliphatic carbocycles. The number of rotatable bonds is 6. The summed E-state index contributed by atoms with van der Waals surface area (Å²) >= 11 is 0. The lowest BCUT2D eigenvalue weighted by Crippen LogP contribution is -2.28. The Morgan fingerprint density at radius 3 is 2.85 bits per heavy atom. The molecule has 27 heavy (non-hydrogen) atoms. The Kier molecular flexibility index (Phi) is 5.70. The number of fused-ring (bicyclic) bond motifs is 1. The predicted octanol–water partition coefficient (Wildman–Crippen LogP) is 2.78. The summed E-state index contributed by atoms with van der Waals surface area (Å²) in [6, 6.07) is 5.65. The zero-order chi connectivity index (χ0) is 19.6.